The Kier molecular flexibility index (Phi) is 3.59. The van der Waals surface area contributed by atoms with Gasteiger partial charge in [0.15, 0.2) is 5.78 Å². The summed E-state index contributed by atoms with van der Waals surface area (Å²) >= 11 is 5.62. The summed E-state index contributed by atoms with van der Waals surface area (Å²) in [5, 5.41) is -0.119. The van der Waals surface area contributed by atoms with Crippen LogP contribution in [0.25, 0.3) is 0 Å². The van der Waals surface area contributed by atoms with Gasteiger partial charge in [0.25, 0.3) is 0 Å². The van der Waals surface area contributed by atoms with Crippen molar-refractivity contribution in [1.29, 1.82) is 0 Å². The summed E-state index contributed by atoms with van der Waals surface area (Å²) < 4.78 is 39.2. The summed E-state index contributed by atoms with van der Waals surface area (Å²) in [6.45, 7) is 3.24. The van der Waals surface area contributed by atoms with E-state index < -0.39 is 17.9 Å². The molecule has 0 amide bonds. The van der Waals surface area contributed by atoms with Crippen molar-refractivity contribution < 1.29 is 22.7 Å². The monoisotopic (exact) mass is 250 g/mol. The number of hydrogen-bond acceptors (Lipinski definition) is 2. The third-order valence-electron chi connectivity index (χ3n) is 1.62. The van der Waals surface area contributed by atoms with Crippen LogP contribution in [0, 0.1) is 0 Å². The minimum atomic E-state index is -4.78. The molecule has 0 aliphatic rings. The highest BCUT2D eigenvalue weighted by atomic mass is 35.5. The molecular formula is C10H6ClF3O2. The number of halogens is 4. The van der Waals surface area contributed by atoms with Crippen molar-refractivity contribution in [3.8, 4) is 5.75 Å². The normalized spacial score (nSPS) is 11.0. The minimum Gasteiger partial charge on any atom is -0.406 e. The van der Waals surface area contributed by atoms with Crippen LogP contribution in [0.3, 0.4) is 0 Å². The lowest BCUT2D eigenvalue weighted by Gasteiger charge is -2.09. The van der Waals surface area contributed by atoms with Gasteiger partial charge in [-0.15, -0.1) is 13.2 Å². The first-order valence-corrected chi connectivity index (χ1v) is 4.43. The molecule has 1 rings (SSSR count). The molecule has 0 aliphatic carbocycles. The summed E-state index contributed by atoms with van der Waals surface area (Å²) in [4.78, 5) is 11.2. The van der Waals surface area contributed by atoms with Crippen LogP contribution in [-0.4, -0.2) is 12.1 Å². The molecule has 0 N–H and O–H groups in total. The van der Waals surface area contributed by atoms with E-state index in [4.69, 9.17) is 11.6 Å². The van der Waals surface area contributed by atoms with Crippen molar-refractivity contribution in [2.24, 2.45) is 0 Å². The van der Waals surface area contributed by atoms with Crippen LogP contribution in [-0.2, 0) is 0 Å². The molecule has 0 atom stereocenters. The third-order valence-corrected chi connectivity index (χ3v) is 1.94. The molecule has 0 unspecified atom stereocenters. The van der Waals surface area contributed by atoms with Crippen LogP contribution in [0.4, 0.5) is 13.2 Å². The molecule has 0 aromatic heterocycles. The molecule has 0 aliphatic heterocycles. The molecule has 6 heteroatoms. The fourth-order valence-electron chi connectivity index (χ4n) is 1.00. The lowest BCUT2D eigenvalue weighted by atomic mass is 10.1. The van der Waals surface area contributed by atoms with E-state index in [1.807, 2.05) is 0 Å². The van der Waals surface area contributed by atoms with E-state index in [2.05, 4.69) is 11.3 Å². The number of hydrogen-bond donors (Lipinski definition) is 0. The Morgan fingerprint density at radius 3 is 2.50 bits per heavy atom. The molecule has 2 nitrogen and oxygen atoms in total. The van der Waals surface area contributed by atoms with Crippen LogP contribution in [0.2, 0.25) is 5.02 Å². The van der Waals surface area contributed by atoms with Gasteiger partial charge in [0.05, 0.1) is 5.02 Å². The second-order valence-electron chi connectivity index (χ2n) is 2.76. The number of benzene rings is 1. The van der Waals surface area contributed by atoms with Gasteiger partial charge in [-0.05, 0) is 24.3 Å². The van der Waals surface area contributed by atoms with Crippen LogP contribution >= 0.6 is 11.6 Å². The topological polar surface area (TPSA) is 26.3 Å². The Balaban J connectivity index is 3.00. The van der Waals surface area contributed by atoms with Crippen molar-refractivity contribution >= 4 is 17.4 Å². The molecule has 0 spiro atoms. The maximum atomic E-state index is 11.8. The number of rotatable bonds is 3. The summed E-state index contributed by atoms with van der Waals surface area (Å²) in [7, 11) is 0. The largest absolute Gasteiger partial charge is 0.573 e. The Bertz CT molecular complexity index is 427. The van der Waals surface area contributed by atoms with Gasteiger partial charge < -0.3 is 4.74 Å². The minimum absolute atomic E-state index is 0.0752. The van der Waals surface area contributed by atoms with Crippen molar-refractivity contribution in [2.75, 3.05) is 0 Å². The van der Waals surface area contributed by atoms with Crippen molar-refractivity contribution in [1.82, 2.24) is 0 Å². The lowest BCUT2D eigenvalue weighted by Crippen LogP contribution is -2.17. The van der Waals surface area contributed by atoms with Gasteiger partial charge in [-0.2, -0.15) is 0 Å². The number of carbonyl (C=O) groups is 1. The van der Waals surface area contributed by atoms with Crippen LogP contribution < -0.4 is 4.74 Å². The fourth-order valence-corrected chi connectivity index (χ4v) is 1.27. The van der Waals surface area contributed by atoms with Gasteiger partial charge in [-0.25, -0.2) is 0 Å². The smallest absolute Gasteiger partial charge is 0.406 e. The maximum absolute atomic E-state index is 11.8. The van der Waals surface area contributed by atoms with Gasteiger partial charge in [-0.3, -0.25) is 4.79 Å². The Morgan fingerprint density at radius 2 is 2.06 bits per heavy atom. The fraction of sp³-hybridized carbons (Fsp3) is 0.100. The molecule has 0 saturated carbocycles. The Labute approximate surface area is 94.3 Å². The summed E-state index contributed by atoms with van der Waals surface area (Å²) in [5.41, 5.74) is 0.0752. The molecule has 0 saturated heterocycles. The first-order valence-electron chi connectivity index (χ1n) is 4.05. The van der Waals surface area contributed by atoms with E-state index in [0.717, 1.165) is 24.3 Å². The average Bonchev–Trinajstić information content (AvgIpc) is 2.14. The third kappa shape index (κ3) is 3.27. The van der Waals surface area contributed by atoms with Crippen molar-refractivity contribution in [3.05, 3.63) is 41.4 Å². The summed E-state index contributed by atoms with van der Waals surface area (Å²) in [5.74, 6) is -0.943. The first-order chi connectivity index (χ1) is 7.33. The molecule has 0 radical (unpaired) electrons. The van der Waals surface area contributed by atoms with Gasteiger partial charge in [0.1, 0.15) is 5.75 Å². The molecular weight excluding hydrogens is 245 g/mol. The van der Waals surface area contributed by atoms with E-state index in [0.29, 0.717) is 0 Å². The number of carbonyl (C=O) groups excluding carboxylic acids is 1. The average molecular weight is 251 g/mol. The van der Waals surface area contributed by atoms with Crippen molar-refractivity contribution in [2.45, 2.75) is 6.36 Å². The zero-order chi connectivity index (χ0) is 12.3. The van der Waals surface area contributed by atoms with E-state index >= 15 is 0 Å². The second kappa shape index (κ2) is 4.57. The van der Waals surface area contributed by atoms with Gasteiger partial charge in [0, 0.05) is 5.56 Å². The predicted molar refractivity (Wildman–Crippen MR) is 52.7 cm³/mol. The van der Waals surface area contributed by atoms with E-state index in [-0.39, 0.29) is 10.6 Å². The first kappa shape index (κ1) is 12.6. The quantitative estimate of drug-likeness (QED) is 0.605. The summed E-state index contributed by atoms with van der Waals surface area (Å²) in [6, 6.07) is 3.08. The van der Waals surface area contributed by atoms with Crippen LogP contribution in [0.5, 0.6) is 5.75 Å². The molecule has 16 heavy (non-hydrogen) atoms. The number of ether oxygens (including phenoxy) is 1. The Morgan fingerprint density at radius 1 is 1.44 bits per heavy atom. The van der Waals surface area contributed by atoms with E-state index in [1.165, 1.54) is 0 Å². The molecule has 0 heterocycles. The molecule has 0 fully saturated rings. The van der Waals surface area contributed by atoms with E-state index in [1.54, 1.807) is 0 Å². The molecule has 0 bridgehead atoms. The number of ketones is 1. The second-order valence-corrected chi connectivity index (χ2v) is 3.17. The van der Waals surface area contributed by atoms with Gasteiger partial charge >= 0.3 is 6.36 Å². The van der Waals surface area contributed by atoms with Gasteiger partial charge in [0.2, 0.25) is 0 Å². The molecule has 1 aromatic carbocycles. The predicted octanol–water partition coefficient (Wildman–Crippen LogP) is 3.61. The maximum Gasteiger partial charge on any atom is 0.573 e. The van der Waals surface area contributed by atoms with Gasteiger partial charge in [-0.1, -0.05) is 18.2 Å². The molecule has 1 aromatic rings. The zero-order valence-electron chi connectivity index (χ0n) is 7.84. The van der Waals surface area contributed by atoms with Crippen molar-refractivity contribution in [3.63, 3.8) is 0 Å². The SMILES string of the molecule is C=CC(=O)c1ccc(OC(F)(F)F)cc1Cl. The standard InChI is InChI=1S/C10H6ClF3O2/c1-2-9(15)7-4-3-6(5-8(7)11)16-10(12,13)14/h2-5H,1H2. The van der Waals surface area contributed by atoms with E-state index in [9.17, 15) is 18.0 Å². The lowest BCUT2D eigenvalue weighted by molar-refractivity contribution is -0.274. The van der Waals surface area contributed by atoms with Crippen LogP contribution in [0.15, 0.2) is 30.9 Å². The molecule has 86 valence electrons. The summed E-state index contributed by atoms with van der Waals surface area (Å²) in [6.07, 6.45) is -3.77. The number of allylic oxidation sites excluding steroid dienone is 1. The Hall–Kier alpha value is -1.49. The highest BCUT2D eigenvalue weighted by molar-refractivity contribution is 6.34. The highest BCUT2D eigenvalue weighted by Crippen LogP contribution is 2.27. The number of alkyl halides is 3. The highest BCUT2D eigenvalue weighted by Gasteiger charge is 2.31. The zero-order valence-corrected chi connectivity index (χ0v) is 8.60. The van der Waals surface area contributed by atoms with Crippen LogP contribution in [0.1, 0.15) is 10.4 Å².